The summed E-state index contributed by atoms with van der Waals surface area (Å²) in [5.41, 5.74) is 2.69. The number of guanidine groups is 1. The number of nitrogens with one attached hydrogen (secondary N) is 2. The molecule has 1 aromatic carbocycles. The number of hydrogen-bond acceptors (Lipinski definition) is 4. The van der Waals surface area contributed by atoms with E-state index in [1.807, 2.05) is 0 Å². The van der Waals surface area contributed by atoms with E-state index in [0.29, 0.717) is 6.04 Å². The van der Waals surface area contributed by atoms with Gasteiger partial charge in [-0.2, -0.15) is 0 Å². The van der Waals surface area contributed by atoms with Crippen LogP contribution in [0.4, 0.5) is 0 Å². The van der Waals surface area contributed by atoms with Crippen LogP contribution in [0.5, 0.6) is 0 Å². The topological polar surface area (TPSA) is 52.1 Å². The van der Waals surface area contributed by atoms with E-state index >= 15 is 0 Å². The van der Waals surface area contributed by atoms with Crippen LogP contribution in [0.2, 0.25) is 0 Å². The molecule has 2 aliphatic heterocycles. The summed E-state index contributed by atoms with van der Waals surface area (Å²) in [6, 6.07) is 9.33. The molecular formula is C22H37N5O. The van der Waals surface area contributed by atoms with Crippen molar-refractivity contribution >= 4 is 5.96 Å². The Labute approximate surface area is 170 Å². The summed E-state index contributed by atoms with van der Waals surface area (Å²) < 4.78 is 5.43. The van der Waals surface area contributed by atoms with Gasteiger partial charge in [-0.05, 0) is 45.3 Å². The van der Waals surface area contributed by atoms with Crippen molar-refractivity contribution < 1.29 is 4.74 Å². The summed E-state index contributed by atoms with van der Waals surface area (Å²) in [6.45, 7) is 14.0. The lowest BCUT2D eigenvalue weighted by Gasteiger charge is -2.28. The molecule has 0 spiro atoms. The zero-order valence-corrected chi connectivity index (χ0v) is 17.6. The highest BCUT2D eigenvalue weighted by atomic mass is 16.5. The van der Waals surface area contributed by atoms with E-state index in [1.54, 1.807) is 0 Å². The van der Waals surface area contributed by atoms with Gasteiger partial charge >= 0.3 is 0 Å². The largest absolute Gasteiger partial charge is 0.379 e. The van der Waals surface area contributed by atoms with E-state index in [2.05, 4.69) is 58.5 Å². The molecule has 0 bridgehead atoms. The number of benzene rings is 1. The molecule has 2 fully saturated rings. The molecule has 28 heavy (non-hydrogen) atoms. The van der Waals surface area contributed by atoms with Crippen LogP contribution in [0.15, 0.2) is 29.3 Å². The van der Waals surface area contributed by atoms with Crippen LogP contribution in [0, 0.1) is 6.92 Å². The number of nitrogens with zero attached hydrogens (tertiary/aromatic N) is 3. The van der Waals surface area contributed by atoms with E-state index in [9.17, 15) is 0 Å². The lowest BCUT2D eigenvalue weighted by Crippen LogP contribution is -2.44. The first-order valence-corrected chi connectivity index (χ1v) is 10.9. The molecule has 0 saturated carbocycles. The van der Waals surface area contributed by atoms with Crippen molar-refractivity contribution in [3.8, 4) is 0 Å². The number of likely N-dealkylation sites (tertiary alicyclic amines) is 1. The number of aliphatic imine (C=N–C) groups is 1. The summed E-state index contributed by atoms with van der Waals surface area (Å²) in [5, 5.41) is 6.92. The average Bonchev–Trinajstić information content (AvgIpc) is 3.25. The van der Waals surface area contributed by atoms with Gasteiger partial charge in [-0.1, -0.05) is 29.8 Å². The van der Waals surface area contributed by atoms with Crippen molar-refractivity contribution in [3.05, 3.63) is 35.4 Å². The van der Waals surface area contributed by atoms with Crippen LogP contribution < -0.4 is 10.6 Å². The molecule has 3 rings (SSSR count). The Morgan fingerprint density at radius 1 is 1.07 bits per heavy atom. The van der Waals surface area contributed by atoms with E-state index < -0.39 is 0 Å². The molecule has 2 aliphatic rings. The van der Waals surface area contributed by atoms with Crippen LogP contribution in [0.1, 0.15) is 36.9 Å². The lowest BCUT2D eigenvalue weighted by atomic mass is 10.0. The maximum atomic E-state index is 5.43. The van der Waals surface area contributed by atoms with Gasteiger partial charge in [-0.3, -0.25) is 14.8 Å². The molecule has 2 saturated heterocycles. The maximum absolute atomic E-state index is 5.43. The molecule has 2 heterocycles. The number of aryl methyl sites for hydroxylation is 1. The molecule has 1 unspecified atom stereocenters. The van der Waals surface area contributed by atoms with E-state index in [-0.39, 0.29) is 0 Å². The normalized spacial score (nSPS) is 20.3. The molecule has 6 nitrogen and oxygen atoms in total. The molecule has 6 heteroatoms. The van der Waals surface area contributed by atoms with Gasteiger partial charge in [0.25, 0.3) is 0 Å². The van der Waals surface area contributed by atoms with Gasteiger partial charge in [0.1, 0.15) is 0 Å². The first-order valence-electron chi connectivity index (χ1n) is 10.9. The highest BCUT2D eigenvalue weighted by Crippen LogP contribution is 2.25. The molecule has 0 radical (unpaired) electrons. The number of hydrogen-bond donors (Lipinski definition) is 2. The van der Waals surface area contributed by atoms with Gasteiger partial charge in [-0.15, -0.1) is 0 Å². The summed E-state index contributed by atoms with van der Waals surface area (Å²) in [4.78, 5) is 9.98. The Balaban J connectivity index is 1.59. The van der Waals surface area contributed by atoms with E-state index in [0.717, 1.165) is 58.4 Å². The predicted octanol–water partition coefficient (Wildman–Crippen LogP) is 2.02. The Kier molecular flexibility index (Phi) is 8.58. The summed E-state index contributed by atoms with van der Waals surface area (Å²) in [5.74, 6) is 0.923. The van der Waals surface area contributed by atoms with E-state index in [4.69, 9.17) is 9.73 Å². The van der Waals surface area contributed by atoms with Crippen LogP contribution in [-0.2, 0) is 4.74 Å². The fourth-order valence-electron chi connectivity index (χ4n) is 3.95. The highest BCUT2D eigenvalue weighted by Gasteiger charge is 2.23. The van der Waals surface area contributed by atoms with Gasteiger partial charge < -0.3 is 15.4 Å². The van der Waals surface area contributed by atoms with E-state index in [1.165, 1.54) is 37.1 Å². The standard InChI is InChI=1S/C22H37N5O/c1-3-23-22(24-10-13-26-14-16-28-17-15-26)25-18-21(27-11-4-5-12-27)20-8-6-19(2)7-9-20/h6-9,21H,3-5,10-18H2,1-2H3,(H2,23,24,25). The monoisotopic (exact) mass is 387 g/mol. The Bertz CT molecular complexity index is 591. The summed E-state index contributed by atoms with van der Waals surface area (Å²) in [7, 11) is 0. The number of morpholine rings is 1. The average molecular weight is 388 g/mol. The lowest BCUT2D eigenvalue weighted by molar-refractivity contribution is 0.0389. The number of ether oxygens (including phenoxy) is 1. The van der Waals surface area contributed by atoms with Crippen molar-refractivity contribution in [2.75, 3.05) is 65.6 Å². The SMILES string of the molecule is CCNC(=NCC(c1ccc(C)cc1)N1CCCC1)NCCN1CCOCC1. The Morgan fingerprint density at radius 3 is 2.46 bits per heavy atom. The van der Waals surface area contributed by atoms with Crippen molar-refractivity contribution in [1.82, 2.24) is 20.4 Å². The van der Waals surface area contributed by atoms with Gasteiger partial charge in [0.05, 0.1) is 25.8 Å². The molecule has 0 aromatic heterocycles. The van der Waals surface area contributed by atoms with Crippen LogP contribution >= 0.6 is 0 Å². The zero-order chi connectivity index (χ0) is 19.6. The minimum absolute atomic E-state index is 0.359. The molecular weight excluding hydrogens is 350 g/mol. The smallest absolute Gasteiger partial charge is 0.191 e. The molecule has 1 atom stereocenters. The summed E-state index contributed by atoms with van der Waals surface area (Å²) in [6.07, 6.45) is 2.59. The van der Waals surface area contributed by atoms with Crippen molar-refractivity contribution in [2.24, 2.45) is 4.99 Å². The van der Waals surface area contributed by atoms with Crippen molar-refractivity contribution in [1.29, 1.82) is 0 Å². The molecule has 0 amide bonds. The molecule has 2 N–H and O–H groups in total. The Morgan fingerprint density at radius 2 is 1.79 bits per heavy atom. The van der Waals surface area contributed by atoms with Crippen molar-refractivity contribution in [2.45, 2.75) is 32.7 Å². The second-order valence-electron chi connectivity index (χ2n) is 7.77. The minimum atomic E-state index is 0.359. The van der Waals surface area contributed by atoms with Gasteiger partial charge in [-0.25, -0.2) is 0 Å². The van der Waals surface area contributed by atoms with Gasteiger partial charge in [0, 0.05) is 32.7 Å². The second-order valence-corrected chi connectivity index (χ2v) is 7.77. The third-order valence-electron chi connectivity index (χ3n) is 5.63. The fraction of sp³-hybridized carbons (Fsp3) is 0.682. The number of rotatable bonds is 8. The highest BCUT2D eigenvalue weighted by molar-refractivity contribution is 5.79. The second kappa shape index (κ2) is 11.4. The maximum Gasteiger partial charge on any atom is 0.191 e. The first-order chi connectivity index (χ1) is 13.8. The van der Waals surface area contributed by atoms with Crippen molar-refractivity contribution in [3.63, 3.8) is 0 Å². The predicted molar refractivity (Wildman–Crippen MR) is 116 cm³/mol. The Hall–Kier alpha value is -1.63. The fourth-order valence-corrected chi connectivity index (χ4v) is 3.95. The molecule has 156 valence electrons. The molecule has 1 aromatic rings. The molecule has 0 aliphatic carbocycles. The van der Waals surface area contributed by atoms with Crippen LogP contribution in [-0.4, -0.2) is 81.3 Å². The third-order valence-corrected chi connectivity index (χ3v) is 5.63. The summed E-state index contributed by atoms with van der Waals surface area (Å²) >= 11 is 0. The van der Waals surface area contributed by atoms with Crippen LogP contribution in [0.3, 0.4) is 0 Å². The minimum Gasteiger partial charge on any atom is -0.379 e. The quantitative estimate of drug-likeness (QED) is 0.528. The third kappa shape index (κ3) is 6.47. The van der Waals surface area contributed by atoms with Crippen LogP contribution in [0.25, 0.3) is 0 Å². The first kappa shape index (κ1) is 21.1. The van der Waals surface area contributed by atoms with Gasteiger partial charge in [0.2, 0.25) is 0 Å². The zero-order valence-electron chi connectivity index (χ0n) is 17.6. The van der Waals surface area contributed by atoms with Gasteiger partial charge in [0.15, 0.2) is 5.96 Å².